The van der Waals surface area contributed by atoms with Crippen LogP contribution in [0.5, 0.6) is 0 Å². The van der Waals surface area contributed by atoms with E-state index in [9.17, 15) is 19.2 Å². The molecule has 2 aromatic heterocycles. The van der Waals surface area contributed by atoms with Gasteiger partial charge < -0.3 is 13.9 Å². The summed E-state index contributed by atoms with van der Waals surface area (Å²) in [5.41, 5.74) is 4.33. The summed E-state index contributed by atoms with van der Waals surface area (Å²) in [4.78, 5) is 53.6. The van der Waals surface area contributed by atoms with Crippen LogP contribution in [0, 0.1) is 11.3 Å². The molecule has 2 heterocycles. The third-order valence-electron chi connectivity index (χ3n) is 11.1. The summed E-state index contributed by atoms with van der Waals surface area (Å²) >= 11 is 0. The first-order valence-electron chi connectivity index (χ1n) is 18.1. The van der Waals surface area contributed by atoms with Crippen molar-refractivity contribution in [2.24, 2.45) is 11.3 Å². The number of halogens is 2. The molecule has 4 aromatic carbocycles. The van der Waals surface area contributed by atoms with Crippen molar-refractivity contribution in [2.75, 3.05) is 10.2 Å². The lowest BCUT2D eigenvalue weighted by Crippen LogP contribution is -2.42. The molecule has 2 aliphatic carbocycles. The van der Waals surface area contributed by atoms with Gasteiger partial charge in [-0.1, -0.05) is 88.7 Å². The number of aromatic nitrogens is 2. The van der Waals surface area contributed by atoms with Gasteiger partial charge in [-0.05, 0) is 86.1 Å². The number of carbonyl (C=O) groups excluding carboxylic acids is 4. The van der Waals surface area contributed by atoms with Crippen molar-refractivity contribution in [3.05, 3.63) is 132 Å². The molecule has 11 heteroatoms. The van der Waals surface area contributed by atoms with E-state index in [1.165, 1.54) is 0 Å². The Labute approximate surface area is 310 Å². The zero-order chi connectivity index (χ0) is 37.6. The molecule has 8 rings (SSSR count). The average Bonchev–Trinajstić information content (AvgIpc) is 3.68. The lowest BCUT2D eigenvalue weighted by molar-refractivity contribution is -0.160. The zero-order valence-corrected chi connectivity index (χ0v) is 29.7. The number of rotatable bonds is 8. The minimum absolute atomic E-state index is 0.170. The van der Waals surface area contributed by atoms with Crippen LogP contribution in [0.4, 0.5) is 20.3 Å². The fraction of sp³-hybridized carbons (Fsp3) is 0.256. The largest absolute Gasteiger partial charge is 0.390 e. The lowest BCUT2D eigenvalue weighted by atomic mass is 9.73. The fourth-order valence-corrected chi connectivity index (χ4v) is 8.35. The number of nitrogens with zero attached hydrogens (tertiary/aromatic N) is 4. The van der Waals surface area contributed by atoms with Gasteiger partial charge >= 0.3 is 11.9 Å². The van der Waals surface area contributed by atoms with Crippen LogP contribution in [0.15, 0.2) is 109 Å². The Morgan fingerprint density at radius 3 is 1.78 bits per heavy atom. The molecule has 274 valence electrons. The highest BCUT2D eigenvalue weighted by molar-refractivity contribution is 5.98. The van der Waals surface area contributed by atoms with Crippen molar-refractivity contribution >= 4 is 56.9 Å². The molecule has 0 spiro atoms. The predicted molar refractivity (Wildman–Crippen MR) is 201 cm³/mol. The zero-order valence-electron chi connectivity index (χ0n) is 29.7. The van der Waals surface area contributed by atoms with Crippen LogP contribution < -0.4 is 10.2 Å². The number of carbonyl (C=O) groups is 4. The third-order valence-corrected chi connectivity index (χ3v) is 11.1. The Hall–Kier alpha value is -6.10. The van der Waals surface area contributed by atoms with E-state index in [0.717, 1.165) is 44.3 Å². The number of hydrogen-bond acceptors (Lipinski definition) is 5. The molecule has 0 fully saturated rings. The molecule has 0 bridgehead atoms. The van der Waals surface area contributed by atoms with Crippen LogP contribution in [0.2, 0.25) is 0 Å². The summed E-state index contributed by atoms with van der Waals surface area (Å²) in [7, 11) is 0. The van der Waals surface area contributed by atoms with E-state index in [1.807, 2.05) is 57.7 Å². The standard InChI is InChI=1S/C43H38F2N4O5/c1-43(42(53)49(45)30-14-6-3-7-15-30)23-22-38-34(25-43)32-17-9-11-19-36(32)47(38)27-40(51)54-39(50)26-46-35-18-10-8-16-31(35)33-24-28(20-21-37(33)46)41(52)48(44)29-12-4-2-5-13-29/h2-19,28H,20-27H2,1H3. The highest BCUT2D eigenvalue weighted by atomic mass is 19.2. The highest BCUT2D eigenvalue weighted by Gasteiger charge is 2.43. The van der Waals surface area contributed by atoms with Crippen LogP contribution in [0.25, 0.3) is 21.8 Å². The first kappa shape index (κ1) is 35.0. The van der Waals surface area contributed by atoms with Gasteiger partial charge in [0, 0.05) is 39.1 Å². The maximum absolute atomic E-state index is 15.4. The molecule has 9 nitrogen and oxygen atoms in total. The SMILES string of the molecule is CC1(C(=O)N(F)c2ccccc2)CCc2c(c3ccccc3n2CC(=O)OC(=O)Cn2c3c(c4ccccc42)CC(C(=O)N(F)c2ccccc2)CC3)C1. The van der Waals surface area contributed by atoms with Gasteiger partial charge in [-0.2, -0.15) is 0 Å². The van der Waals surface area contributed by atoms with Crippen LogP contribution >= 0.6 is 0 Å². The van der Waals surface area contributed by atoms with Crippen molar-refractivity contribution < 1.29 is 32.9 Å². The monoisotopic (exact) mass is 728 g/mol. The molecule has 6 aromatic rings. The topological polar surface area (TPSA) is 93.9 Å². The van der Waals surface area contributed by atoms with Gasteiger partial charge in [-0.25, -0.2) is 9.59 Å². The Morgan fingerprint density at radius 2 is 1.19 bits per heavy atom. The van der Waals surface area contributed by atoms with Crippen molar-refractivity contribution in [2.45, 2.75) is 58.5 Å². The Kier molecular flexibility index (Phi) is 9.09. The molecule has 2 amide bonds. The summed E-state index contributed by atoms with van der Waals surface area (Å²) in [6.45, 7) is 1.33. The summed E-state index contributed by atoms with van der Waals surface area (Å²) < 4.78 is 39.6. The second-order valence-corrected chi connectivity index (χ2v) is 14.5. The number of para-hydroxylation sites is 4. The van der Waals surface area contributed by atoms with Gasteiger partial charge in [0.15, 0.2) is 0 Å². The highest BCUT2D eigenvalue weighted by Crippen LogP contribution is 2.42. The molecule has 2 aliphatic rings. The smallest absolute Gasteiger partial charge is 0.333 e. The maximum Gasteiger partial charge on any atom is 0.333 e. The van der Waals surface area contributed by atoms with Crippen molar-refractivity contribution in [3.63, 3.8) is 0 Å². The van der Waals surface area contributed by atoms with Crippen LogP contribution in [-0.2, 0) is 62.7 Å². The van der Waals surface area contributed by atoms with Gasteiger partial charge in [-0.15, -0.1) is 10.2 Å². The number of fused-ring (bicyclic) bond motifs is 6. The normalized spacial score (nSPS) is 17.8. The van der Waals surface area contributed by atoms with Crippen LogP contribution in [-0.4, -0.2) is 32.9 Å². The summed E-state index contributed by atoms with van der Waals surface area (Å²) in [5, 5.41) is 2.16. The number of benzene rings is 4. The number of hydrogen-bond donors (Lipinski definition) is 0. The van der Waals surface area contributed by atoms with Gasteiger partial charge in [0.1, 0.15) is 13.1 Å². The average molecular weight is 729 g/mol. The van der Waals surface area contributed by atoms with Crippen LogP contribution in [0.3, 0.4) is 0 Å². The maximum atomic E-state index is 15.4. The minimum Gasteiger partial charge on any atom is -0.390 e. The summed E-state index contributed by atoms with van der Waals surface area (Å²) in [6, 6.07) is 31.5. The summed E-state index contributed by atoms with van der Waals surface area (Å²) in [5.74, 6) is -3.27. The quantitative estimate of drug-likeness (QED) is 0.0906. The van der Waals surface area contributed by atoms with E-state index in [0.29, 0.717) is 32.1 Å². The first-order chi connectivity index (χ1) is 26.1. The molecule has 0 aliphatic heterocycles. The van der Waals surface area contributed by atoms with Gasteiger partial charge in [-0.3, -0.25) is 9.59 Å². The van der Waals surface area contributed by atoms with E-state index >= 15 is 8.96 Å². The number of ether oxygens (including phenoxy) is 1. The molecule has 54 heavy (non-hydrogen) atoms. The van der Waals surface area contributed by atoms with Gasteiger partial charge in [0.2, 0.25) is 0 Å². The lowest BCUT2D eigenvalue weighted by Gasteiger charge is -2.34. The minimum atomic E-state index is -1.01. The van der Waals surface area contributed by atoms with Gasteiger partial charge in [0.25, 0.3) is 11.8 Å². The van der Waals surface area contributed by atoms with E-state index in [2.05, 4.69) is 0 Å². The summed E-state index contributed by atoms with van der Waals surface area (Å²) in [6.07, 6.45) is 2.23. The number of amides is 2. The van der Waals surface area contributed by atoms with Crippen molar-refractivity contribution in [3.8, 4) is 0 Å². The van der Waals surface area contributed by atoms with E-state index in [4.69, 9.17) is 4.74 Å². The van der Waals surface area contributed by atoms with Crippen LogP contribution in [0.1, 0.15) is 42.3 Å². The van der Waals surface area contributed by atoms with E-state index in [-0.39, 0.29) is 41.1 Å². The van der Waals surface area contributed by atoms with Gasteiger partial charge in [0.05, 0.1) is 16.8 Å². The van der Waals surface area contributed by atoms with Crippen molar-refractivity contribution in [1.29, 1.82) is 0 Å². The Balaban J connectivity index is 0.990. The molecule has 0 saturated heterocycles. The molecule has 0 radical (unpaired) electrons. The molecular weight excluding hydrogens is 690 g/mol. The number of anilines is 2. The second-order valence-electron chi connectivity index (χ2n) is 14.5. The number of esters is 2. The predicted octanol–water partition coefficient (Wildman–Crippen LogP) is 7.80. The van der Waals surface area contributed by atoms with E-state index < -0.39 is 35.1 Å². The molecule has 0 N–H and O–H groups in total. The molecule has 2 unspecified atom stereocenters. The molecular formula is C43H38F2N4O5. The van der Waals surface area contributed by atoms with E-state index in [1.54, 1.807) is 67.6 Å². The fourth-order valence-electron chi connectivity index (χ4n) is 8.35. The first-order valence-corrected chi connectivity index (χ1v) is 18.1. The molecule has 0 saturated carbocycles. The Morgan fingerprint density at radius 1 is 0.685 bits per heavy atom. The van der Waals surface area contributed by atoms with Crippen molar-refractivity contribution in [1.82, 2.24) is 9.13 Å². The third kappa shape index (κ3) is 6.23. The molecule has 2 atom stereocenters. The second kappa shape index (κ2) is 14.0. The Bertz CT molecular complexity index is 2420.